The number of hydrogen-bond donors (Lipinski definition) is 0. The number of amides is 1. The largest absolute Gasteiger partial charge is 0.344 e. The van der Waals surface area contributed by atoms with Crippen LogP contribution in [0.1, 0.15) is 26.8 Å². The average Bonchev–Trinajstić information content (AvgIpc) is 3.28. The molecule has 9 heteroatoms. The van der Waals surface area contributed by atoms with E-state index in [0.29, 0.717) is 17.8 Å². The first-order chi connectivity index (χ1) is 12.4. The summed E-state index contributed by atoms with van der Waals surface area (Å²) in [7, 11) is 3.50. The fourth-order valence-electron chi connectivity index (χ4n) is 2.89. The minimum absolute atomic E-state index is 0.0163. The molecule has 4 aromatic rings. The summed E-state index contributed by atoms with van der Waals surface area (Å²) in [5.41, 5.74) is 2.64. The van der Waals surface area contributed by atoms with E-state index in [-0.39, 0.29) is 5.91 Å². The predicted octanol–water partition coefficient (Wildman–Crippen LogP) is 2.10. The molecule has 0 N–H and O–H groups in total. The number of nitrogens with zero attached hydrogens (tertiary/aromatic N) is 7. The predicted molar refractivity (Wildman–Crippen MR) is 99.6 cm³/mol. The van der Waals surface area contributed by atoms with Gasteiger partial charge in [-0.05, 0) is 25.5 Å². The minimum atomic E-state index is -0.0163. The summed E-state index contributed by atoms with van der Waals surface area (Å²) in [6.07, 6.45) is 4.29. The number of thiophene rings is 1. The van der Waals surface area contributed by atoms with Gasteiger partial charge in [-0.15, -0.1) is 16.4 Å². The second kappa shape index (κ2) is 6.17. The van der Waals surface area contributed by atoms with Crippen molar-refractivity contribution in [2.75, 3.05) is 14.1 Å². The summed E-state index contributed by atoms with van der Waals surface area (Å²) in [5, 5.41) is 9.81. The molecule has 0 aliphatic carbocycles. The summed E-state index contributed by atoms with van der Waals surface area (Å²) < 4.78 is 3.58. The van der Waals surface area contributed by atoms with E-state index >= 15 is 0 Å². The molecule has 0 aromatic carbocycles. The van der Waals surface area contributed by atoms with Crippen LogP contribution in [-0.2, 0) is 13.0 Å². The Labute approximate surface area is 154 Å². The third-order valence-electron chi connectivity index (χ3n) is 4.25. The number of fused-ring (bicyclic) bond motifs is 3. The molecule has 0 saturated carbocycles. The molecule has 1 amide bonds. The Morgan fingerprint density at radius 2 is 2.08 bits per heavy atom. The first-order valence-corrected chi connectivity index (χ1v) is 9.10. The van der Waals surface area contributed by atoms with Crippen molar-refractivity contribution in [2.24, 2.45) is 0 Å². The van der Waals surface area contributed by atoms with Crippen molar-refractivity contribution in [3.05, 3.63) is 40.5 Å². The highest BCUT2D eigenvalue weighted by atomic mass is 32.1. The average molecular weight is 369 g/mol. The van der Waals surface area contributed by atoms with E-state index in [4.69, 9.17) is 4.98 Å². The molecule has 26 heavy (non-hydrogen) atoms. The van der Waals surface area contributed by atoms with Crippen LogP contribution in [-0.4, -0.2) is 54.3 Å². The first-order valence-electron chi connectivity index (χ1n) is 8.29. The van der Waals surface area contributed by atoms with Crippen LogP contribution >= 0.6 is 11.3 Å². The van der Waals surface area contributed by atoms with Crippen LogP contribution in [0.2, 0.25) is 0 Å². The van der Waals surface area contributed by atoms with Crippen LogP contribution in [0.5, 0.6) is 0 Å². The highest BCUT2D eigenvalue weighted by molar-refractivity contribution is 7.20. The number of aromatic nitrogens is 6. The second-order valence-corrected chi connectivity index (χ2v) is 7.45. The fraction of sp³-hybridized carbons (Fsp3) is 0.353. The van der Waals surface area contributed by atoms with Gasteiger partial charge >= 0.3 is 0 Å². The highest BCUT2D eigenvalue weighted by Crippen LogP contribution is 2.32. The number of rotatable bonds is 4. The van der Waals surface area contributed by atoms with E-state index in [9.17, 15) is 4.79 Å². The van der Waals surface area contributed by atoms with E-state index in [2.05, 4.69) is 15.2 Å². The summed E-state index contributed by atoms with van der Waals surface area (Å²) in [5.74, 6) is 0.718. The Morgan fingerprint density at radius 3 is 2.77 bits per heavy atom. The molecular formula is C17H19N7OS. The van der Waals surface area contributed by atoms with Gasteiger partial charge < -0.3 is 4.90 Å². The summed E-state index contributed by atoms with van der Waals surface area (Å²) >= 11 is 1.40. The van der Waals surface area contributed by atoms with Gasteiger partial charge in [0.25, 0.3) is 5.91 Å². The van der Waals surface area contributed by atoms with Crippen molar-refractivity contribution in [3.8, 4) is 0 Å². The molecular weight excluding hydrogens is 350 g/mol. The van der Waals surface area contributed by atoms with Gasteiger partial charge in [0.2, 0.25) is 0 Å². The maximum Gasteiger partial charge on any atom is 0.263 e. The Bertz CT molecular complexity index is 1120. The van der Waals surface area contributed by atoms with Crippen molar-refractivity contribution in [3.63, 3.8) is 0 Å². The molecule has 4 rings (SSSR count). The zero-order chi connectivity index (χ0) is 18.4. The number of aryl methyl sites for hydroxylation is 4. The standard InChI is InChI=1S/C17H19N7OS/c1-10-5-7-23(20-10)8-6-12-19-15-13-11(2)14(17(25)22(3)4)26-16(13)18-9-24(15)21-12/h5,7,9H,6,8H2,1-4H3. The summed E-state index contributed by atoms with van der Waals surface area (Å²) in [4.78, 5) is 24.6. The lowest BCUT2D eigenvalue weighted by Gasteiger charge is -2.08. The van der Waals surface area contributed by atoms with Crippen molar-refractivity contribution in [2.45, 2.75) is 26.8 Å². The lowest BCUT2D eigenvalue weighted by Crippen LogP contribution is -2.21. The molecule has 0 atom stereocenters. The number of hydrogen-bond acceptors (Lipinski definition) is 6. The minimum Gasteiger partial charge on any atom is -0.344 e. The molecule has 0 fully saturated rings. The molecule has 0 spiro atoms. The van der Waals surface area contributed by atoms with Crippen LogP contribution in [0.3, 0.4) is 0 Å². The van der Waals surface area contributed by atoms with E-state index in [1.54, 1.807) is 29.8 Å². The number of carbonyl (C=O) groups is 1. The van der Waals surface area contributed by atoms with Gasteiger partial charge in [-0.2, -0.15) is 5.10 Å². The van der Waals surface area contributed by atoms with Crippen LogP contribution < -0.4 is 0 Å². The molecule has 0 unspecified atom stereocenters. The third-order valence-corrected chi connectivity index (χ3v) is 5.44. The van der Waals surface area contributed by atoms with Crippen LogP contribution in [0.4, 0.5) is 0 Å². The zero-order valence-electron chi connectivity index (χ0n) is 15.1. The second-order valence-electron chi connectivity index (χ2n) is 6.45. The van der Waals surface area contributed by atoms with Gasteiger partial charge in [-0.3, -0.25) is 9.48 Å². The van der Waals surface area contributed by atoms with E-state index in [0.717, 1.165) is 32.9 Å². The smallest absolute Gasteiger partial charge is 0.263 e. The molecule has 0 aliphatic heterocycles. The van der Waals surface area contributed by atoms with Crippen LogP contribution in [0, 0.1) is 13.8 Å². The van der Waals surface area contributed by atoms with E-state index in [1.165, 1.54) is 11.3 Å². The molecule has 8 nitrogen and oxygen atoms in total. The van der Waals surface area contributed by atoms with Crippen molar-refractivity contribution < 1.29 is 4.79 Å². The SMILES string of the molecule is Cc1ccn(CCc2nc3c4c(C)c(C(=O)N(C)C)sc4ncn3n2)n1. The first kappa shape index (κ1) is 16.6. The Morgan fingerprint density at radius 1 is 1.27 bits per heavy atom. The van der Waals surface area contributed by atoms with Gasteiger partial charge in [0.05, 0.1) is 16.0 Å². The monoisotopic (exact) mass is 369 g/mol. The molecule has 0 aliphatic rings. The fourth-order valence-corrected chi connectivity index (χ4v) is 4.06. The maximum absolute atomic E-state index is 12.4. The van der Waals surface area contributed by atoms with Gasteiger partial charge in [-0.25, -0.2) is 14.5 Å². The van der Waals surface area contributed by atoms with Gasteiger partial charge in [-0.1, -0.05) is 0 Å². The summed E-state index contributed by atoms with van der Waals surface area (Å²) in [6.45, 7) is 4.63. The molecule has 4 heterocycles. The van der Waals surface area contributed by atoms with Crippen molar-refractivity contribution in [1.29, 1.82) is 0 Å². The highest BCUT2D eigenvalue weighted by Gasteiger charge is 2.21. The van der Waals surface area contributed by atoms with Crippen LogP contribution in [0.15, 0.2) is 18.6 Å². The quantitative estimate of drug-likeness (QED) is 0.550. The molecule has 0 bridgehead atoms. The maximum atomic E-state index is 12.4. The van der Waals surface area contributed by atoms with Gasteiger partial charge in [0, 0.05) is 33.3 Å². The molecule has 0 saturated heterocycles. The number of carbonyl (C=O) groups excluding carboxylic acids is 1. The van der Waals surface area contributed by atoms with Crippen molar-refractivity contribution >= 4 is 33.1 Å². The lowest BCUT2D eigenvalue weighted by atomic mass is 10.2. The summed E-state index contributed by atoms with van der Waals surface area (Å²) in [6, 6.07) is 1.97. The lowest BCUT2D eigenvalue weighted by molar-refractivity contribution is 0.0831. The Balaban J connectivity index is 1.73. The zero-order valence-corrected chi connectivity index (χ0v) is 15.9. The van der Waals surface area contributed by atoms with Crippen LogP contribution in [0.25, 0.3) is 15.9 Å². The third kappa shape index (κ3) is 2.74. The molecule has 0 radical (unpaired) electrons. The molecule has 4 aromatic heterocycles. The molecule has 134 valence electrons. The topological polar surface area (TPSA) is 81.2 Å². The Kier molecular flexibility index (Phi) is 3.95. The Hall–Kier alpha value is -2.81. The van der Waals surface area contributed by atoms with Gasteiger partial charge in [0.15, 0.2) is 11.5 Å². The van der Waals surface area contributed by atoms with E-state index in [1.807, 2.05) is 30.8 Å². The van der Waals surface area contributed by atoms with Gasteiger partial charge in [0.1, 0.15) is 11.2 Å². The van der Waals surface area contributed by atoms with E-state index < -0.39 is 0 Å². The van der Waals surface area contributed by atoms with Crippen molar-refractivity contribution in [1.82, 2.24) is 34.3 Å². The normalized spacial score (nSPS) is 11.5.